The summed E-state index contributed by atoms with van der Waals surface area (Å²) in [7, 11) is 0. The molecule has 2 aliphatic heterocycles. The van der Waals surface area contributed by atoms with E-state index in [1.54, 1.807) is 0 Å². The lowest BCUT2D eigenvalue weighted by Crippen LogP contribution is -2.52. The Balaban J connectivity index is 2.27. The topological polar surface area (TPSA) is 124 Å². The molecule has 2 bridgehead atoms. The molecule has 0 unspecified atom stereocenters. The Hall–Kier alpha value is -2.20. The molecule has 0 aliphatic carbocycles. The van der Waals surface area contributed by atoms with Gasteiger partial charge in [0.15, 0.2) is 24.6 Å². The molecule has 10 nitrogen and oxygen atoms in total. The number of ether oxygens (including phenoxy) is 6. The van der Waals surface area contributed by atoms with E-state index in [-0.39, 0.29) is 6.61 Å². The van der Waals surface area contributed by atoms with Crippen LogP contribution in [0.5, 0.6) is 0 Å². The summed E-state index contributed by atoms with van der Waals surface area (Å²) in [4.78, 5) is 45.2. The lowest BCUT2D eigenvalue weighted by atomic mass is 10.0. The third-order valence-electron chi connectivity index (χ3n) is 3.56. The fourth-order valence-corrected chi connectivity index (χ4v) is 2.79. The highest BCUT2D eigenvalue weighted by Gasteiger charge is 2.60. The smallest absolute Gasteiger partial charge is 0.303 e. The summed E-state index contributed by atoms with van der Waals surface area (Å²) in [5, 5.41) is 0. The quantitative estimate of drug-likeness (QED) is 0.467. The van der Waals surface area contributed by atoms with E-state index < -0.39 is 60.7 Å². The molecule has 0 amide bonds. The van der Waals surface area contributed by atoms with Crippen molar-refractivity contribution < 1.29 is 47.6 Å². The molecule has 0 saturated carbocycles. The average molecular weight is 360 g/mol. The number of esters is 4. The van der Waals surface area contributed by atoms with Gasteiger partial charge in [0.2, 0.25) is 0 Å². The first kappa shape index (κ1) is 19.1. The second-order valence-corrected chi connectivity index (χ2v) is 5.67. The Morgan fingerprint density at radius 1 is 0.720 bits per heavy atom. The molecule has 0 aromatic heterocycles. The fraction of sp³-hybridized carbons (Fsp3) is 0.733. The highest BCUT2D eigenvalue weighted by Crippen LogP contribution is 2.37. The first-order valence-corrected chi connectivity index (χ1v) is 7.65. The van der Waals surface area contributed by atoms with Gasteiger partial charge >= 0.3 is 23.9 Å². The zero-order chi connectivity index (χ0) is 18.7. The van der Waals surface area contributed by atoms with Gasteiger partial charge in [-0.15, -0.1) is 0 Å². The van der Waals surface area contributed by atoms with Crippen molar-refractivity contribution in [1.82, 2.24) is 0 Å². The minimum atomic E-state index is -1.05. The van der Waals surface area contributed by atoms with Gasteiger partial charge in [-0.3, -0.25) is 19.2 Å². The number of fused-ring (bicyclic) bond motifs is 2. The first-order chi connectivity index (χ1) is 11.7. The van der Waals surface area contributed by atoms with Gasteiger partial charge in [-0.25, -0.2) is 0 Å². The van der Waals surface area contributed by atoms with Gasteiger partial charge in [-0.1, -0.05) is 0 Å². The van der Waals surface area contributed by atoms with Crippen LogP contribution in [0.2, 0.25) is 0 Å². The molecular formula is C15H20O10. The standard InChI is InChI=1S/C15H20O10/c1-6(16)20-5-10-11(21-7(2)17)12-13(22-8(3)18)14(23-9(4)19)15(24-10)25-12/h10-15H,5H2,1-4H3/t10-,11-,12+,13-,14-,15+/m1/s1. The van der Waals surface area contributed by atoms with Crippen molar-refractivity contribution in [1.29, 1.82) is 0 Å². The molecule has 2 saturated heterocycles. The molecule has 2 heterocycles. The molecule has 10 heteroatoms. The van der Waals surface area contributed by atoms with E-state index in [0.29, 0.717) is 0 Å². The Morgan fingerprint density at radius 3 is 1.76 bits per heavy atom. The van der Waals surface area contributed by atoms with Gasteiger partial charge in [0.25, 0.3) is 0 Å². The number of rotatable bonds is 5. The molecule has 0 aromatic rings. The summed E-state index contributed by atoms with van der Waals surface area (Å²) in [5.74, 6) is -2.42. The molecule has 2 rings (SSSR count). The van der Waals surface area contributed by atoms with Gasteiger partial charge < -0.3 is 28.4 Å². The van der Waals surface area contributed by atoms with Crippen LogP contribution in [-0.4, -0.2) is 67.3 Å². The predicted octanol–water partition coefficient (Wildman–Crippen LogP) is -0.532. The minimum Gasteiger partial charge on any atom is -0.463 e. The van der Waals surface area contributed by atoms with Crippen LogP contribution in [0.15, 0.2) is 0 Å². The molecule has 6 atom stereocenters. The van der Waals surface area contributed by atoms with E-state index in [1.807, 2.05) is 0 Å². The maximum atomic E-state index is 11.4. The Kier molecular flexibility index (Phi) is 5.96. The molecule has 25 heavy (non-hydrogen) atoms. The maximum absolute atomic E-state index is 11.4. The van der Waals surface area contributed by atoms with Crippen LogP contribution in [0.25, 0.3) is 0 Å². The molecule has 140 valence electrons. The predicted molar refractivity (Wildman–Crippen MR) is 76.8 cm³/mol. The molecular weight excluding hydrogens is 340 g/mol. The third kappa shape index (κ3) is 4.67. The van der Waals surface area contributed by atoms with Gasteiger partial charge in [-0.2, -0.15) is 0 Å². The second kappa shape index (κ2) is 7.79. The lowest BCUT2D eigenvalue weighted by Gasteiger charge is -2.35. The van der Waals surface area contributed by atoms with Gasteiger partial charge in [0.1, 0.15) is 18.8 Å². The Labute approximate surface area is 143 Å². The minimum absolute atomic E-state index is 0.205. The van der Waals surface area contributed by atoms with Crippen LogP contribution in [0.1, 0.15) is 27.7 Å². The normalized spacial score (nSPS) is 33.3. The highest BCUT2D eigenvalue weighted by atomic mass is 16.8. The van der Waals surface area contributed by atoms with E-state index in [9.17, 15) is 19.2 Å². The van der Waals surface area contributed by atoms with Gasteiger partial charge in [0, 0.05) is 27.7 Å². The Bertz CT molecular complexity index is 559. The first-order valence-electron chi connectivity index (χ1n) is 7.65. The van der Waals surface area contributed by atoms with E-state index in [1.165, 1.54) is 27.7 Å². The monoisotopic (exact) mass is 360 g/mol. The lowest BCUT2D eigenvalue weighted by molar-refractivity contribution is -0.278. The van der Waals surface area contributed by atoms with Gasteiger partial charge in [-0.05, 0) is 0 Å². The largest absolute Gasteiger partial charge is 0.463 e. The van der Waals surface area contributed by atoms with Crippen LogP contribution in [0.3, 0.4) is 0 Å². The molecule has 0 spiro atoms. The van der Waals surface area contributed by atoms with Crippen molar-refractivity contribution in [2.75, 3.05) is 6.61 Å². The van der Waals surface area contributed by atoms with Crippen LogP contribution in [-0.2, 0) is 47.6 Å². The number of carbonyl (C=O) groups excluding carboxylic acids is 4. The summed E-state index contributed by atoms with van der Waals surface area (Å²) >= 11 is 0. The second-order valence-electron chi connectivity index (χ2n) is 5.67. The third-order valence-corrected chi connectivity index (χ3v) is 3.56. The van der Waals surface area contributed by atoms with E-state index in [2.05, 4.69) is 0 Å². The Morgan fingerprint density at radius 2 is 1.24 bits per heavy atom. The van der Waals surface area contributed by atoms with Crippen LogP contribution in [0, 0.1) is 0 Å². The molecule has 0 N–H and O–H groups in total. The van der Waals surface area contributed by atoms with Crippen LogP contribution < -0.4 is 0 Å². The summed E-state index contributed by atoms with van der Waals surface area (Å²) in [6.07, 6.45) is -5.93. The van der Waals surface area contributed by atoms with Crippen molar-refractivity contribution in [3.63, 3.8) is 0 Å². The summed E-state index contributed by atoms with van der Waals surface area (Å²) < 4.78 is 31.7. The van der Waals surface area contributed by atoms with Crippen molar-refractivity contribution in [2.24, 2.45) is 0 Å². The molecule has 0 radical (unpaired) electrons. The highest BCUT2D eigenvalue weighted by molar-refractivity contribution is 5.68. The van der Waals surface area contributed by atoms with Crippen molar-refractivity contribution in [3.8, 4) is 0 Å². The summed E-state index contributed by atoms with van der Waals surface area (Å²) in [6, 6.07) is 0. The van der Waals surface area contributed by atoms with E-state index >= 15 is 0 Å². The maximum Gasteiger partial charge on any atom is 0.303 e. The summed E-state index contributed by atoms with van der Waals surface area (Å²) in [5.41, 5.74) is 0. The van der Waals surface area contributed by atoms with Crippen molar-refractivity contribution in [3.05, 3.63) is 0 Å². The zero-order valence-electron chi connectivity index (χ0n) is 14.3. The van der Waals surface area contributed by atoms with E-state index in [0.717, 1.165) is 0 Å². The average Bonchev–Trinajstić information content (AvgIpc) is 2.73. The van der Waals surface area contributed by atoms with Crippen molar-refractivity contribution >= 4 is 23.9 Å². The molecule has 0 aromatic carbocycles. The number of carbonyl (C=O) groups is 4. The zero-order valence-corrected chi connectivity index (χ0v) is 14.3. The SMILES string of the molecule is CC(=O)OC[C@H]1O[C@H]2O[C@H]([C@@H](OC(C)=O)[C@H]2OC(C)=O)[C@@H]1OC(C)=O. The van der Waals surface area contributed by atoms with E-state index in [4.69, 9.17) is 28.4 Å². The summed E-state index contributed by atoms with van der Waals surface area (Å²) in [6.45, 7) is 4.58. The van der Waals surface area contributed by atoms with Crippen LogP contribution >= 0.6 is 0 Å². The molecule has 2 fully saturated rings. The van der Waals surface area contributed by atoms with Crippen molar-refractivity contribution in [2.45, 2.75) is 64.5 Å². The number of hydrogen-bond acceptors (Lipinski definition) is 10. The van der Waals surface area contributed by atoms with Gasteiger partial charge in [0.05, 0.1) is 0 Å². The fourth-order valence-electron chi connectivity index (χ4n) is 2.79. The number of hydrogen-bond donors (Lipinski definition) is 0. The molecule has 2 aliphatic rings. The van der Waals surface area contributed by atoms with Crippen LogP contribution in [0.4, 0.5) is 0 Å².